The van der Waals surface area contributed by atoms with Gasteiger partial charge >= 0.3 is 0 Å². The van der Waals surface area contributed by atoms with Crippen LogP contribution in [0.15, 0.2) is 100 Å². The molecule has 0 N–H and O–H groups in total. The van der Waals surface area contributed by atoms with Gasteiger partial charge in [-0.1, -0.05) is 41.3 Å². The van der Waals surface area contributed by atoms with Crippen molar-refractivity contribution >= 4 is 22.7 Å². The lowest BCUT2D eigenvalue weighted by molar-refractivity contribution is -0.435. The molecular weight excluding hydrogens is 288 g/mol. The molecule has 0 atom stereocenters. The van der Waals surface area contributed by atoms with Crippen molar-refractivity contribution in [1.29, 1.82) is 0 Å². The molecule has 0 spiro atoms. The van der Waals surface area contributed by atoms with Crippen LogP contribution in [0, 0.1) is 5.21 Å². The molecule has 5 heteroatoms. The lowest BCUT2D eigenvalue weighted by Gasteiger charge is -2.00. The van der Waals surface area contributed by atoms with Gasteiger partial charge in [0.2, 0.25) is 5.69 Å². The monoisotopic (exact) mass is 302 g/mol. The summed E-state index contributed by atoms with van der Waals surface area (Å²) in [5, 5.41) is 24.2. The first-order valence-corrected chi connectivity index (χ1v) is 7.12. The quantitative estimate of drug-likeness (QED) is 0.330. The maximum Gasteiger partial charge on any atom is 0.245 e. The van der Waals surface area contributed by atoms with E-state index in [-0.39, 0.29) is 0 Å². The zero-order valence-corrected chi connectivity index (χ0v) is 12.3. The molecule has 3 aromatic carbocycles. The van der Waals surface area contributed by atoms with Gasteiger partial charge in [-0.05, 0) is 36.4 Å². The van der Waals surface area contributed by atoms with Crippen molar-refractivity contribution in [2.45, 2.75) is 0 Å². The highest BCUT2D eigenvalue weighted by atomic mass is 16.5. The van der Waals surface area contributed by atoms with Crippen LogP contribution >= 0.6 is 0 Å². The second-order valence-corrected chi connectivity index (χ2v) is 4.76. The summed E-state index contributed by atoms with van der Waals surface area (Å²) in [4.78, 5) is 0.591. The van der Waals surface area contributed by atoms with E-state index in [0.717, 1.165) is 5.69 Å². The standard InChI is InChI=1S/C18H14N4O/c23-22(21-17-9-5-2-6-10-17)18-13-11-16(12-14-18)20-19-15-7-3-1-4-8-15/h1-14H. The van der Waals surface area contributed by atoms with E-state index in [2.05, 4.69) is 15.3 Å². The van der Waals surface area contributed by atoms with Crippen molar-refractivity contribution < 1.29 is 4.86 Å². The van der Waals surface area contributed by atoms with Gasteiger partial charge in [0.15, 0.2) is 0 Å². The zero-order valence-electron chi connectivity index (χ0n) is 12.3. The molecule has 0 unspecified atom stereocenters. The Morgan fingerprint density at radius 2 is 1.04 bits per heavy atom. The maximum absolute atomic E-state index is 12.0. The molecular formula is C18H14N4O. The molecule has 0 amide bonds. The van der Waals surface area contributed by atoms with Crippen molar-refractivity contribution in [3.63, 3.8) is 0 Å². The lowest BCUT2D eigenvalue weighted by atomic mass is 10.3. The molecule has 0 aliphatic carbocycles. The molecule has 0 saturated carbocycles. The summed E-state index contributed by atoms with van der Waals surface area (Å²) < 4.78 is 0. The minimum atomic E-state index is 0.438. The Kier molecular flexibility index (Phi) is 4.49. The molecule has 0 aliphatic heterocycles. The van der Waals surface area contributed by atoms with E-state index in [1.54, 1.807) is 36.4 Å². The van der Waals surface area contributed by atoms with E-state index >= 15 is 0 Å². The third-order valence-electron chi connectivity index (χ3n) is 3.07. The summed E-state index contributed by atoms with van der Waals surface area (Å²) in [5.41, 5.74) is 2.50. The number of rotatable bonds is 4. The minimum Gasteiger partial charge on any atom is -0.594 e. The van der Waals surface area contributed by atoms with Gasteiger partial charge in [0.05, 0.1) is 11.4 Å². The van der Waals surface area contributed by atoms with Crippen LogP contribution in [0.1, 0.15) is 0 Å². The largest absolute Gasteiger partial charge is 0.594 e. The third kappa shape index (κ3) is 4.07. The van der Waals surface area contributed by atoms with E-state index in [9.17, 15) is 5.21 Å². The summed E-state index contributed by atoms with van der Waals surface area (Å²) in [6.07, 6.45) is 0. The van der Waals surface area contributed by atoms with Crippen LogP contribution in [0.2, 0.25) is 0 Å². The molecule has 0 aliphatic rings. The second kappa shape index (κ2) is 7.09. The predicted molar refractivity (Wildman–Crippen MR) is 88.9 cm³/mol. The summed E-state index contributed by atoms with van der Waals surface area (Å²) >= 11 is 0. The first-order valence-electron chi connectivity index (χ1n) is 7.12. The maximum atomic E-state index is 12.0. The van der Waals surface area contributed by atoms with Crippen LogP contribution in [-0.2, 0) is 0 Å². The van der Waals surface area contributed by atoms with Gasteiger partial charge in [-0.2, -0.15) is 10.2 Å². The minimum absolute atomic E-state index is 0.438. The fourth-order valence-corrected chi connectivity index (χ4v) is 1.91. The molecule has 3 rings (SSSR count). The molecule has 0 aromatic heterocycles. The molecule has 0 bridgehead atoms. The van der Waals surface area contributed by atoms with Crippen LogP contribution in [0.5, 0.6) is 0 Å². The number of hydrogen-bond donors (Lipinski definition) is 0. The predicted octanol–water partition coefficient (Wildman–Crippen LogP) is 6.03. The Bertz CT molecular complexity index is 813. The van der Waals surface area contributed by atoms with Gasteiger partial charge in [0.1, 0.15) is 5.69 Å². The Labute approximate surface area is 133 Å². The van der Waals surface area contributed by atoms with Crippen LogP contribution in [-0.4, -0.2) is 4.86 Å². The molecule has 0 fully saturated rings. The summed E-state index contributed by atoms with van der Waals surface area (Å²) in [6, 6.07) is 25.3. The van der Waals surface area contributed by atoms with Crippen LogP contribution in [0.3, 0.4) is 0 Å². The second-order valence-electron chi connectivity index (χ2n) is 4.76. The summed E-state index contributed by atoms with van der Waals surface area (Å²) in [7, 11) is 0. The highest BCUT2D eigenvalue weighted by molar-refractivity contribution is 5.45. The van der Waals surface area contributed by atoms with Gasteiger partial charge in [0, 0.05) is 17.2 Å². The molecule has 5 nitrogen and oxygen atoms in total. The number of azo groups is 2. The number of hydrogen-bond acceptors (Lipinski definition) is 4. The first kappa shape index (κ1) is 14.6. The smallest absolute Gasteiger partial charge is 0.245 e. The Morgan fingerprint density at radius 3 is 1.61 bits per heavy atom. The summed E-state index contributed by atoms with van der Waals surface area (Å²) in [5.74, 6) is 0. The highest BCUT2D eigenvalue weighted by Crippen LogP contribution is 2.22. The van der Waals surface area contributed by atoms with Gasteiger partial charge in [-0.15, -0.1) is 0 Å². The van der Waals surface area contributed by atoms with Crippen molar-refractivity contribution in [3.05, 3.63) is 90.1 Å². The molecule has 3 aromatic rings. The fourth-order valence-electron chi connectivity index (χ4n) is 1.91. The van der Waals surface area contributed by atoms with E-state index in [0.29, 0.717) is 21.9 Å². The molecule has 0 radical (unpaired) electrons. The SMILES string of the molecule is [O-][N+](=Nc1ccccc1)c1ccc(N=Nc2ccccc2)cc1. The third-order valence-corrected chi connectivity index (χ3v) is 3.07. The Balaban J connectivity index is 1.74. The Morgan fingerprint density at radius 1 is 0.565 bits per heavy atom. The van der Waals surface area contributed by atoms with Gasteiger partial charge in [-0.3, -0.25) is 0 Å². The van der Waals surface area contributed by atoms with Gasteiger partial charge in [-0.25, -0.2) is 0 Å². The van der Waals surface area contributed by atoms with Crippen LogP contribution < -0.4 is 0 Å². The van der Waals surface area contributed by atoms with E-state index in [1.165, 1.54) is 0 Å². The Hall–Kier alpha value is -3.34. The summed E-state index contributed by atoms with van der Waals surface area (Å²) in [6.45, 7) is 0. The highest BCUT2D eigenvalue weighted by Gasteiger charge is 2.03. The van der Waals surface area contributed by atoms with Crippen LogP contribution in [0.25, 0.3) is 0 Å². The lowest BCUT2D eigenvalue weighted by Crippen LogP contribution is -1.89. The zero-order chi connectivity index (χ0) is 15.9. The van der Waals surface area contributed by atoms with Crippen molar-refractivity contribution in [1.82, 2.24) is 0 Å². The van der Waals surface area contributed by atoms with E-state index in [4.69, 9.17) is 0 Å². The van der Waals surface area contributed by atoms with E-state index in [1.807, 2.05) is 48.5 Å². The molecule has 0 saturated heterocycles. The molecule has 0 heterocycles. The normalized spacial score (nSPS) is 11.7. The topological polar surface area (TPSA) is 63.1 Å². The number of nitrogens with zero attached hydrogens (tertiary/aromatic N) is 4. The average Bonchev–Trinajstić information content (AvgIpc) is 2.62. The van der Waals surface area contributed by atoms with Gasteiger partial charge < -0.3 is 5.21 Å². The van der Waals surface area contributed by atoms with E-state index < -0.39 is 0 Å². The van der Waals surface area contributed by atoms with Gasteiger partial charge in [0.25, 0.3) is 0 Å². The van der Waals surface area contributed by atoms with Crippen LogP contribution in [0.4, 0.5) is 22.7 Å². The van der Waals surface area contributed by atoms with Crippen molar-refractivity contribution in [2.24, 2.45) is 15.3 Å². The molecule has 112 valence electrons. The molecule has 23 heavy (non-hydrogen) atoms. The van der Waals surface area contributed by atoms with Crippen molar-refractivity contribution in [3.8, 4) is 0 Å². The van der Waals surface area contributed by atoms with Crippen molar-refractivity contribution in [2.75, 3.05) is 0 Å². The number of benzene rings is 3. The first-order chi connectivity index (χ1) is 11.3. The average molecular weight is 302 g/mol. The fraction of sp³-hybridized carbons (Fsp3) is 0.